The molecule has 1 saturated heterocycles. The Bertz CT molecular complexity index is 540. The molecule has 0 saturated carbocycles. The predicted molar refractivity (Wildman–Crippen MR) is 88.3 cm³/mol. The Morgan fingerprint density at radius 3 is 2.43 bits per heavy atom. The maximum atomic E-state index is 11.7. The Kier molecular flexibility index (Phi) is 5.01. The lowest BCUT2D eigenvalue weighted by Gasteiger charge is -2.53. The van der Waals surface area contributed by atoms with Gasteiger partial charge in [-0.05, 0) is 17.9 Å². The lowest BCUT2D eigenvalue weighted by molar-refractivity contribution is -0.186. The zero-order valence-corrected chi connectivity index (χ0v) is 14.3. The highest BCUT2D eigenvalue weighted by Gasteiger charge is 2.54. The molecule has 1 amide bonds. The van der Waals surface area contributed by atoms with Crippen LogP contribution in [0.3, 0.4) is 0 Å². The molecule has 128 valence electrons. The van der Waals surface area contributed by atoms with E-state index < -0.39 is 23.8 Å². The molecule has 1 fully saturated rings. The number of likely N-dealkylation sites (tertiary alicyclic amines) is 1. The lowest BCUT2D eigenvalue weighted by atomic mass is 9.70. The second kappa shape index (κ2) is 6.49. The van der Waals surface area contributed by atoms with Crippen LogP contribution < -0.4 is 0 Å². The van der Waals surface area contributed by atoms with E-state index in [1.165, 1.54) is 4.90 Å². The van der Waals surface area contributed by atoms with E-state index in [2.05, 4.69) is 0 Å². The molecule has 1 aromatic rings. The first-order valence-electron chi connectivity index (χ1n) is 8.11. The molecule has 1 aromatic carbocycles. The van der Waals surface area contributed by atoms with Crippen molar-refractivity contribution in [2.45, 2.75) is 51.9 Å². The first kappa shape index (κ1) is 17.8. The SMILES string of the molecule is CCO[C@@H]1C(C(C)(C)C)N(C(=O)O)CC[C@@]1(O)c1ccccc1. The summed E-state index contributed by atoms with van der Waals surface area (Å²) >= 11 is 0. The van der Waals surface area contributed by atoms with Crippen LogP contribution in [0.1, 0.15) is 39.7 Å². The van der Waals surface area contributed by atoms with Crippen LogP contribution in [0.5, 0.6) is 0 Å². The summed E-state index contributed by atoms with van der Waals surface area (Å²) in [5, 5.41) is 21.0. The fourth-order valence-corrected chi connectivity index (χ4v) is 3.58. The highest BCUT2D eigenvalue weighted by molar-refractivity contribution is 5.66. The number of nitrogens with zero attached hydrogens (tertiary/aromatic N) is 1. The van der Waals surface area contributed by atoms with Gasteiger partial charge in [0.05, 0.1) is 6.04 Å². The Balaban J connectivity index is 2.51. The molecule has 1 heterocycles. The molecule has 3 atom stereocenters. The number of rotatable bonds is 3. The second-order valence-corrected chi connectivity index (χ2v) is 7.20. The third kappa shape index (κ3) is 3.35. The molecule has 0 bridgehead atoms. The second-order valence-electron chi connectivity index (χ2n) is 7.20. The minimum absolute atomic E-state index is 0.284. The van der Waals surface area contributed by atoms with Crippen molar-refractivity contribution in [3.63, 3.8) is 0 Å². The van der Waals surface area contributed by atoms with Gasteiger partial charge in [-0.15, -0.1) is 0 Å². The number of ether oxygens (including phenoxy) is 1. The van der Waals surface area contributed by atoms with Gasteiger partial charge in [-0.3, -0.25) is 0 Å². The maximum Gasteiger partial charge on any atom is 0.407 e. The highest BCUT2D eigenvalue weighted by Crippen LogP contribution is 2.43. The number of carboxylic acid groups (broad SMARTS) is 1. The van der Waals surface area contributed by atoms with E-state index in [0.717, 1.165) is 5.56 Å². The molecule has 1 aliphatic rings. The van der Waals surface area contributed by atoms with Gasteiger partial charge < -0.3 is 19.8 Å². The summed E-state index contributed by atoms with van der Waals surface area (Å²) in [7, 11) is 0. The summed E-state index contributed by atoms with van der Waals surface area (Å²) in [4.78, 5) is 13.1. The van der Waals surface area contributed by atoms with E-state index in [9.17, 15) is 15.0 Å². The summed E-state index contributed by atoms with van der Waals surface area (Å²) < 4.78 is 5.92. The van der Waals surface area contributed by atoms with Crippen molar-refractivity contribution in [3.05, 3.63) is 35.9 Å². The van der Waals surface area contributed by atoms with Crippen molar-refractivity contribution in [3.8, 4) is 0 Å². The summed E-state index contributed by atoms with van der Waals surface area (Å²) in [5.74, 6) is 0. The zero-order valence-electron chi connectivity index (χ0n) is 14.3. The standard InChI is InChI=1S/C18H27NO4/c1-5-23-15-14(17(2,3)4)19(16(20)21)12-11-18(15,22)13-9-7-6-8-10-13/h6-10,14-15,22H,5,11-12H2,1-4H3,(H,20,21)/t14?,15-,18-/m1/s1. The summed E-state index contributed by atoms with van der Waals surface area (Å²) in [6.07, 6.45) is -1.26. The molecule has 1 unspecified atom stereocenters. The quantitative estimate of drug-likeness (QED) is 0.897. The molecule has 23 heavy (non-hydrogen) atoms. The van der Waals surface area contributed by atoms with Crippen molar-refractivity contribution in [1.29, 1.82) is 0 Å². The summed E-state index contributed by atoms with van der Waals surface area (Å²) in [6, 6.07) is 8.98. The smallest absolute Gasteiger partial charge is 0.407 e. The van der Waals surface area contributed by atoms with Crippen LogP contribution >= 0.6 is 0 Å². The fraction of sp³-hybridized carbons (Fsp3) is 0.611. The predicted octanol–water partition coefficient (Wildman–Crippen LogP) is 3.08. The highest BCUT2D eigenvalue weighted by atomic mass is 16.5. The monoisotopic (exact) mass is 321 g/mol. The molecule has 0 spiro atoms. The van der Waals surface area contributed by atoms with Gasteiger partial charge in [-0.1, -0.05) is 51.1 Å². The Morgan fingerprint density at radius 1 is 1.35 bits per heavy atom. The third-order valence-corrected chi connectivity index (χ3v) is 4.58. The van der Waals surface area contributed by atoms with Crippen molar-refractivity contribution in [2.24, 2.45) is 5.41 Å². The molecular formula is C18H27NO4. The molecule has 5 nitrogen and oxygen atoms in total. The average molecular weight is 321 g/mol. The van der Waals surface area contributed by atoms with E-state index >= 15 is 0 Å². The van der Waals surface area contributed by atoms with Gasteiger partial charge >= 0.3 is 6.09 Å². The van der Waals surface area contributed by atoms with Crippen LogP contribution in [0.4, 0.5) is 4.79 Å². The van der Waals surface area contributed by atoms with Gasteiger partial charge in [0.2, 0.25) is 0 Å². The van der Waals surface area contributed by atoms with Gasteiger partial charge in [0.15, 0.2) is 0 Å². The minimum Gasteiger partial charge on any atom is -0.465 e. The molecule has 0 radical (unpaired) electrons. The van der Waals surface area contributed by atoms with Crippen LogP contribution in [0, 0.1) is 5.41 Å². The van der Waals surface area contributed by atoms with Crippen molar-refractivity contribution >= 4 is 6.09 Å². The maximum absolute atomic E-state index is 11.7. The Morgan fingerprint density at radius 2 is 1.96 bits per heavy atom. The number of hydrogen-bond acceptors (Lipinski definition) is 3. The van der Waals surface area contributed by atoms with Crippen molar-refractivity contribution in [2.75, 3.05) is 13.2 Å². The van der Waals surface area contributed by atoms with Gasteiger partial charge in [-0.2, -0.15) is 0 Å². The average Bonchev–Trinajstić information content (AvgIpc) is 2.49. The molecule has 5 heteroatoms. The number of hydrogen-bond donors (Lipinski definition) is 2. The normalized spacial score (nSPS) is 28.7. The van der Waals surface area contributed by atoms with E-state index in [1.54, 1.807) is 0 Å². The van der Waals surface area contributed by atoms with Crippen LogP contribution in [0.15, 0.2) is 30.3 Å². The van der Waals surface area contributed by atoms with Crippen molar-refractivity contribution in [1.82, 2.24) is 4.90 Å². The molecule has 0 aromatic heterocycles. The molecule has 2 N–H and O–H groups in total. The molecule has 1 aliphatic heterocycles. The summed E-state index contributed by atoms with van der Waals surface area (Å²) in [5.41, 5.74) is -0.777. The van der Waals surface area contributed by atoms with E-state index in [1.807, 2.05) is 58.0 Å². The van der Waals surface area contributed by atoms with Crippen LogP contribution in [0.2, 0.25) is 0 Å². The number of amides is 1. The number of piperidine rings is 1. The minimum atomic E-state index is -1.19. The van der Waals surface area contributed by atoms with Crippen LogP contribution in [-0.4, -0.2) is 46.5 Å². The largest absolute Gasteiger partial charge is 0.465 e. The summed E-state index contributed by atoms with van der Waals surface area (Å²) in [6.45, 7) is 8.51. The zero-order chi connectivity index (χ0) is 17.3. The van der Waals surface area contributed by atoms with Gasteiger partial charge in [0.1, 0.15) is 11.7 Å². The molecule has 2 rings (SSSR count). The van der Waals surface area contributed by atoms with Crippen molar-refractivity contribution < 1.29 is 19.7 Å². The first-order chi connectivity index (χ1) is 10.7. The fourth-order valence-electron chi connectivity index (χ4n) is 3.58. The van der Waals surface area contributed by atoms with E-state index in [0.29, 0.717) is 13.0 Å². The van der Waals surface area contributed by atoms with Crippen LogP contribution in [-0.2, 0) is 10.3 Å². The van der Waals surface area contributed by atoms with Crippen LogP contribution in [0.25, 0.3) is 0 Å². The number of aliphatic hydroxyl groups is 1. The Labute approximate surface area is 137 Å². The van der Waals surface area contributed by atoms with E-state index in [-0.39, 0.29) is 12.0 Å². The Hall–Kier alpha value is -1.59. The number of carbonyl (C=O) groups is 1. The van der Waals surface area contributed by atoms with Gasteiger partial charge in [0, 0.05) is 19.6 Å². The topological polar surface area (TPSA) is 70.0 Å². The lowest BCUT2D eigenvalue weighted by Crippen LogP contribution is -2.65. The molecule has 0 aliphatic carbocycles. The van der Waals surface area contributed by atoms with Gasteiger partial charge in [0.25, 0.3) is 0 Å². The number of benzene rings is 1. The molecular weight excluding hydrogens is 294 g/mol. The first-order valence-corrected chi connectivity index (χ1v) is 8.11. The third-order valence-electron chi connectivity index (χ3n) is 4.58. The van der Waals surface area contributed by atoms with Gasteiger partial charge in [-0.25, -0.2) is 4.79 Å². The van der Waals surface area contributed by atoms with E-state index in [4.69, 9.17) is 4.74 Å².